The molecule has 0 aliphatic carbocycles. The number of alkyl halides is 6. The van der Waals surface area contributed by atoms with Gasteiger partial charge < -0.3 is 30.6 Å². The maximum Gasteiger partial charge on any atom is 0.490 e. The number of benzene rings is 1. The number of pyridine rings is 1. The van der Waals surface area contributed by atoms with Crippen LogP contribution in [0.1, 0.15) is 23.2 Å². The van der Waals surface area contributed by atoms with Gasteiger partial charge in [0.2, 0.25) is 5.91 Å². The Kier molecular flexibility index (Phi) is 12.0. The van der Waals surface area contributed by atoms with Crippen LogP contribution in [0.25, 0.3) is 0 Å². The van der Waals surface area contributed by atoms with Crippen molar-refractivity contribution < 1.29 is 64.5 Å². The van der Waals surface area contributed by atoms with Crippen LogP contribution < -0.4 is 15.5 Å². The highest BCUT2D eigenvalue weighted by molar-refractivity contribution is 5.94. The summed E-state index contributed by atoms with van der Waals surface area (Å²) < 4.78 is 89.7. The molecule has 242 valence electrons. The molecule has 0 radical (unpaired) electrons. The van der Waals surface area contributed by atoms with Crippen LogP contribution in [0.2, 0.25) is 0 Å². The topological polar surface area (TPSA) is 152 Å². The lowest BCUT2D eigenvalue weighted by molar-refractivity contribution is -0.193. The number of nitrogens with zero attached hydrogens (tertiary/aromatic N) is 3. The molecule has 4 N–H and O–H groups in total. The van der Waals surface area contributed by atoms with Gasteiger partial charge in [-0.15, -0.1) is 0 Å². The summed E-state index contributed by atoms with van der Waals surface area (Å²) in [4.78, 5) is 51.0. The Hall–Kier alpha value is -4.55. The number of likely N-dealkylation sites (tertiary alicyclic amines) is 1. The lowest BCUT2D eigenvalue weighted by atomic mass is 9.85. The Morgan fingerprint density at radius 2 is 1.52 bits per heavy atom. The van der Waals surface area contributed by atoms with Gasteiger partial charge in [0.15, 0.2) is 11.6 Å². The standard InChI is InChI=1S/C21H23F2N5O2.2C2HF3O2/c22-17-4-3-15(12-18(17)23)19(29)25-8-11-27-9-5-21(6-10-27)20(30)26-14-28(21)16-2-1-7-24-13-16;2*3-2(4,5)1(6)7/h1-4,7,12-13H,5-6,8-11,14H2,(H,25,29)(H,26,30);2*(H,6,7). The highest BCUT2D eigenvalue weighted by Gasteiger charge is 2.50. The maximum absolute atomic E-state index is 13.3. The van der Waals surface area contributed by atoms with E-state index in [2.05, 4.69) is 25.4 Å². The monoisotopic (exact) mass is 643 g/mol. The Labute approximate surface area is 243 Å². The first-order chi connectivity index (χ1) is 20.4. The minimum Gasteiger partial charge on any atom is -0.475 e. The number of piperidine rings is 1. The fourth-order valence-electron chi connectivity index (χ4n) is 4.15. The second-order valence-electron chi connectivity index (χ2n) is 9.17. The van der Waals surface area contributed by atoms with Gasteiger partial charge in [-0.25, -0.2) is 18.4 Å². The van der Waals surface area contributed by atoms with Crippen molar-refractivity contribution in [2.75, 3.05) is 37.7 Å². The quantitative estimate of drug-likeness (QED) is 0.361. The van der Waals surface area contributed by atoms with Crippen molar-refractivity contribution in [3.05, 3.63) is 59.9 Å². The lowest BCUT2D eigenvalue weighted by Gasteiger charge is -2.43. The van der Waals surface area contributed by atoms with Crippen LogP contribution in [0, 0.1) is 11.6 Å². The van der Waals surface area contributed by atoms with Gasteiger partial charge in [0.25, 0.3) is 5.91 Å². The van der Waals surface area contributed by atoms with E-state index in [0.29, 0.717) is 45.7 Å². The molecule has 0 bridgehead atoms. The van der Waals surface area contributed by atoms with E-state index in [0.717, 1.165) is 17.8 Å². The smallest absolute Gasteiger partial charge is 0.475 e. The number of carboxylic acids is 2. The summed E-state index contributed by atoms with van der Waals surface area (Å²) in [7, 11) is 0. The van der Waals surface area contributed by atoms with Crippen LogP contribution in [-0.4, -0.2) is 94.6 Å². The lowest BCUT2D eigenvalue weighted by Crippen LogP contribution is -2.57. The number of carboxylic acid groups (broad SMARTS) is 2. The highest BCUT2D eigenvalue weighted by Crippen LogP contribution is 2.35. The van der Waals surface area contributed by atoms with Gasteiger partial charge in [0.05, 0.1) is 18.6 Å². The molecule has 0 saturated carbocycles. The molecule has 2 aliphatic heterocycles. The third-order valence-corrected chi connectivity index (χ3v) is 6.36. The van der Waals surface area contributed by atoms with E-state index in [-0.39, 0.29) is 11.5 Å². The number of nitrogens with one attached hydrogen (secondary N) is 2. The van der Waals surface area contributed by atoms with Gasteiger partial charge in [-0.3, -0.25) is 14.6 Å². The molecule has 2 fully saturated rings. The summed E-state index contributed by atoms with van der Waals surface area (Å²) in [6.45, 7) is 2.88. The molecule has 19 heteroatoms. The molecule has 2 saturated heterocycles. The molecule has 1 aromatic carbocycles. The Bertz CT molecular complexity index is 1290. The van der Waals surface area contributed by atoms with Crippen molar-refractivity contribution in [3.63, 3.8) is 0 Å². The largest absolute Gasteiger partial charge is 0.490 e. The van der Waals surface area contributed by atoms with E-state index in [1.54, 1.807) is 12.4 Å². The minimum absolute atomic E-state index is 0.0395. The van der Waals surface area contributed by atoms with Crippen LogP contribution >= 0.6 is 0 Å². The van der Waals surface area contributed by atoms with E-state index in [9.17, 15) is 44.7 Å². The molecule has 1 aromatic heterocycles. The second kappa shape index (κ2) is 14.8. The molecule has 2 amide bonds. The van der Waals surface area contributed by atoms with Gasteiger partial charge in [0.1, 0.15) is 5.54 Å². The first-order valence-corrected chi connectivity index (χ1v) is 12.4. The fourth-order valence-corrected chi connectivity index (χ4v) is 4.15. The van der Waals surface area contributed by atoms with Crippen molar-refractivity contribution in [3.8, 4) is 0 Å². The first-order valence-electron chi connectivity index (χ1n) is 12.4. The predicted molar refractivity (Wildman–Crippen MR) is 134 cm³/mol. The number of hydrogen-bond donors (Lipinski definition) is 4. The minimum atomic E-state index is -5.08. The third kappa shape index (κ3) is 9.75. The molecule has 44 heavy (non-hydrogen) atoms. The summed E-state index contributed by atoms with van der Waals surface area (Å²) in [5.41, 5.74) is 0.429. The zero-order valence-corrected chi connectivity index (χ0v) is 22.4. The zero-order valence-electron chi connectivity index (χ0n) is 22.4. The highest BCUT2D eigenvalue weighted by atomic mass is 19.4. The molecule has 2 aliphatic rings. The predicted octanol–water partition coefficient (Wildman–Crippen LogP) is 2.78. The number of aliphatic carboxylic acids is 2. The normalized spacial score (nSPS) is 16.2. The number of amides is 2. The molecule has 0 atom stereocenters. The summed E-state index contributed by atoms with van der Waals surface area (Å²) in [5.74, 6) is -7.94. The zero-order chi connectivity index (χ0) is 33.3. The van der Waals surface area contributed by atoms with Crippen LogP contribution in [0.4, 0.5) is 40.8 Å². The molecule has 2 aromatic rings. The van der Waals surface area contributed by atoms with Gasteiger partial charge in [-0.05, 0) is 43.2 Å². The van der Waals surface area contributed by atoms with E-state index < -0.39 is 47.4 Å². The molecule has 3 heterocycles. The molecule has 1 spiro atoms. The van der Waals surface area contributed by atoms with E-state index in [1.807, 2.05) is 12.1 Å². The number of halogens is 8. The summed E-state index contributed by atoms with van der Waals surface area (Å²) in [5, 5.41) is 19.9. The van der Waals surface area contributed by atoms with Crippen LogP contribution in [0.15, 0.2) is 42.7 Å². The average molecular weight is 643 g/mol. The number of carbonyl (C=O) groups is 4. The second-order valence-corrected chi connectivity index (χ2v) is 9.17. The van der Waals surface area contributed by atoms with Crippen molar-refractivity contribution >= 4 is 29.4 Å². The Morgan fingerprint density at radius 1 is 0.955 bits per heavy atom. The van der Waals surface area contributed by atoms with Crippen LogP contribution in [0.5, 0.6) is 0 Å². The summed E-state index contributed by atoms with van der Waals surface area (Å²) >= 11 is 0. The van der Waals surface area contributed by atoms with Gasteiger partial charge in [0, 0.05) is 37.9 Å². The number of carbonyl (C=O) groups excluding carboxylic acids is 2. The number of anilines is 1. The molecule has 11 nitrogen and oxygen atoms in total. The molecular formula is C25H25F8N5O6. The van der Waals surface area contributed by atoms with Crippen LogP contribution in [-0.2, 0) is 14.4 Å². The van der Waals surface area contributed by atoms with Gasteiger partial charge in [-0.1, -0.05) is 0 Å². The number of aromatic nitrogens is 1. The third-order valence-electron chi connectivity index (χ3n) is 6.36. The number of rotatable bonds is 5. The van der Waals surface area contributed by atoms with Crippen molar-refractivity contribution in [2.24, 2.45) is 0 Å². The van der Waals surface area contributed by atoms with E-state index in [4.69, 9.17) is 19.8 Å². The Balaban J connectivity index is 0.000000402. The van der Waals surface area contributed by atoms with Crippen LogP contribution in [0.3, 0.4) is 0 Å². The maximum atomic E-state index is 13.3. The van der Waals surface area contributed by atoms with E-state index >= 15 is 0 Å². The number of hydrogen-bond acceptors (Lipinski definition) is 7. The fraction of sp³-hybridized carbons (Fsp3) is 0.400. The molecule has 4 rings (SSSR count). The summed E-state index contributed by atoms with van der Waals surface area (Å²) in [6, 6.07) is 6.89. The van der Waals surface area contributed by atoms with E-state index in [1.165, 1.54) is 6.07 Å². The average Bonchev–Trinajstić information content (AvgIpc) is 3.26. The molecule has 0 unspecified atom stereocenters. The van der Waals surface area contributed by atoms with Crippen molar-refractivity contribution in [1.82, 2.24) is 20.5 Å². The first kappa shape index (κ1) is 35.6. The van der Waals surface area contributed by atoms with Gasteiger partial charge >= 0.3 is 24.3 Å². The molecular weight excluding hydrogens is 618 g/mol. The summed E-state index contributed by atoms with van der Waals surface area (Å²) in [6.07, 6.45) is -5.35. The SMILES string of the molecule is O=C(NCCN1CCC2(CC1)C(=O)NCN2c1cccnc1)c1ccc(F)c(F)c1.O=C(O)C(F)(F)F.O=C(O)C(F)(F)F. The van der Waals surface area contributed by atoms with Crippen molar-refractivity contribution in [2.45, 2.75) is 30.7 Å². The Morgan fingerprint density at radius 3 is 2.00 bits per heavy atom. The van der Waals surface area contributed by atoms with Gasteiger partial charge in [-0.2, -0.15) is 26.3 Å². The van der Waals surface area contributed by atoms with Crippen molar-refractivity contribution in [1.29, 1.82) is 0 Å².